The van der Waals surface area contributed by atoms with E-state index in [4.69, 9.17) is 4.74 Å². The lowest BCUT2D eigenvalue weighted by Gasteiger charge is -2.34. The first-order chi connectivity index (χ1) is 16.5. The standard InChI is InChI=1S/C27H29N3O4/c1-3-28(2)27(33)34-25-11-7-6-10-23(25)24(31)19-29-14-16-30(17-15-29)26(32)22-13-12-20-8-4-5-9-21(20)18-22/h4-13,18H,3,14-17,19H2,1-2H3. The smallest absolute Gasteiger partial charge is 0.409 e. The molecular weight excluding hydrogens is 430 g/mol. The highest BCUT2D eigenvalue weighted by atomic mass is 16.6. The van der Waals surface area contributed by atoms with Crippen LogP contribution < -0.4 is 4.74 Å². The first kappa shape index (κ1) is 23.4. The van der Waals surface area contributed by atoms with E-state index in [9.17, 15) is 14.4 Å². The predicted octanol–water partition coefficient (Wildman–Crippen LogP) is 3.93. The molecule has 0 saturated carbocycles. The largest absolute Gasteiger partial charge is 0.414 e. The molecule has 1 fully saturated rings. The first-order valence-corrected chi connectivity index (χ1v) is 11.5. The molecule has 3 aromatic carbocycles. The number of fused-ring (bicyclic) bond motifs is 1. The number of benzene rings is 3. The molecule has 1 aliphatic heterocycles. The molecule has 3 aromatic rings. The molecule has 0 bridgehead atoms. The fraction of sp³-hybridized carbons (Fsp3) is 0.296. The van der Waals surface area contributed by atoms with Gasteiger partial charge in [-0.2, -0.15) is 0 Å². The van der Waals surface area contributed by atoms with E-state index in [1.54, 1.807) is 31.3 Å². The Hall–Kier alpha value is -3.71. The van der Waals surface area contributed by atoms with E-state index in [0.717, 1.165) is 10.8 Å². The minimum atomic E-state index is -0.497. The van der Waals surface area contributed by atoms with E-state index in [0.29, 0.717) is 43.9 Å². The number of amides is 2. The number of hydrogen-bond acceptors (Lipinski definition) is 5. The van der Waals surface area contributed by atoms with Gasteiger partial charge in [-0.3, -0.25) is 14.5 Å². The molecular formula is C27H29N3O4. The fourth-order valence-corrected chi connectivity index (χ4v) is 3.99. The number of para-hydroxylation sites is 1. The van der Waals surface area contributed by atoms with Crippen LogP contribution in [-0.4, -0.2) is 78.8 Å². The summed E-state index contributed by atoms with van der Waals surface area (Å²) < 4.78 is 5.43. The highest BCUT2D eigenvalue weighted by Crippen LogP contribution is 2.21. The van der Waals surface area contributed by atoms with Crippen molar-refractivity contribution in [2.24, 2.45) is 0 Å². The molecule has 0 spiro atoms. The summed E-state index contributed by atoms with van der Waals surface area (Å²) in [6, 6.07) is 20.6. The van der Waals surface area contributed by atoms with Crippen molar-refractivity contribution in [1.29, 1.82) is 0 Å². The Morgan fingerprint density at radius 2 is 1.56 bits per heavy atom. The van der Waals surface area contributed by atoms with E-state index >= 15 is 0 Å². The zero-order valence-corrected chi connectivity index (χ0v) is 19.6. The normalized spacial score (nSPS) is 14.1. The van der Waals surface area contributed by atoms with Gasteiger partial charge in [0.2, 0.25) is 0 Å². The summed E-state index contributed by atoms with van der Waals surface area (Å²) in [4.78, 5) is 43.4. The van der Waals surface area contributed by atoms with Gasteiger partial charge in [-0.05, 0) is 42.0 Å². The van der Waals surface area contributed by atoms with Crippen LogP contribution in [0.4, 0.5) is 4.79 Å². The number of carbonyl (C=O) groups is 3. The summed E-state index contributed by atoms with van der Waals surface area (Å²) >= 11 is 0. The van der Waals surface area contributed by atoms with Gasteiger partial charge >= 0.3 is 6.09 Å². The SMILES string of the molecule is CCN(C)C(=O)Oc1ccccc1C(=O)CN1CCN(C(=O)c2ccc3ccccc3c2)CC1. The van der Waals surface area contributed by atoms with Crippen LogP contribution in [-0.2, 0) is 0 Å². The number of piperazine rings is 1. The third-order valence-electron chi connectivity index (χ3n) is 6.19. The molecule has 7 heteroatoms. The Kier molecular flexibility index (Phi) is 7.23. The molecule has 7 nitrogen and oxygen atoms in total. The van der Waals surface area contributed by atoms with E-state index in [1.165, 1.54) is 4.90 Å². The molecule has 2 amide bonds. The van der Waals surface area contributed by atoms with Crippen LogP contribution in [0, 0.1) is 0 Å². The van der Waals surface area contributed by atoms with Crippen molar-refractivity contribution in [2.75, 3.05) is 46.3 Å². The minimum absolute atomic E-state index is 0.00836. The topological polar surface area (TPSA) is 70.2 Å². The van der Waals surface area contributed by atoms with Gasteiger partial charge in [-0.1, -0.05) is 42.5 Å². The number of ether oxygens (including phenoxy) is 1. The number of carbonyl (C=O) groups excluding carboxylic acids is 3. The van der Waals surface area contributed by atoms with Crippen molar-refractivity contribution in [3.63, 3.8) is 0 Å². The van der Waals surface area contributed by atoms with Crippen molar-refractivity contribution in [3.05, 3.63) is 77.9 Å². The van der Waals surface area contributed by atoms with Crippen molar-refractivity contribution in [1.82, 2.24) is 14.7 Å². The molecule has 176 valence electrons. The second-order valence-corrected chi connectivity index (χ2v) is 8.43. The first-order valence-electron chi connectivity index (χ1n) is 11.5. The highest BCUT2D eigenvalue weighted by Gasteiger charge is 2.25. The summed E-state index contributed by atoms with van der Waals surface area (Å²) in [5.41, 5.74) is 1.06. The summed E-state index contributed by atoms with van der Waals surface area (Å²) in [6.45, 7) is 4.88. The molecule has 0 unspecified atom stereocenters. The lowest BCUT2D eigenvalue weighted by Crippen LogP contribution is -2.49. The van der Waals surface area contributed by atoms with Crippen LogP contribution in [0.1, 0.15) is 27.6 Å². The van der Waals surface area contributed by atoms with Crippen LogP contribution in [0.5, 0.6) is 5.75 Å². The average molecular weight is 460 g/mol. The van der Waals surface area contributed by atoms with E-state index in [2.05, 4.69) is 0 Å². The van der Waals surface area contributed by atoms with Crippen LogP contribution in [0.15, 0.2) is 66.7 Å². The van der Waals surface area contributed by atoms with Crippen molar-refractivity contribution in [2.45, 2.75) is 6.92 Å². The quantitative estimate of drug-likeness (QED) is 0.523. The predicted molar refractivity (Wildman–Crippen MR) is 131 cm³/mol. The van der Waals surface area contributed by atoms with Gasteiger partial charge in [0.15, 0.2) is 5.78 Å². The Morgan fingerprint density at radius 3 is 2.29 bits per heavy atom. The van der Waals surface area contributed by atoms with Crippen LogP contribution >= 0.6 is 0 Å². The van der Waals surface area contributed by atoms with Gasteiger partial charge in [0, 0.05) is 45.3 Å². The van der Waals surface area contributed by atoms with Gasteiger partial charge in [-0.25, -0.2) is 4.79 Å². The maximum atomic E-state index is 13.0. The van der Waals surface area contributed by atoms with Gasteiger partial charge in [-0.15, -0.1) is 0 Å². The van der Waals surface area contributed by atoms with Gasteiger partial charge in [0.05, 0.1) is 12.1 Å². The second-order valence-electron chi connectivity index (χ2n) is 8.43. The second kappa shape index (κ2) is 10.5. The molecule has 0 aliphatic carbocycles. The van der Waals surface area contributed by atoms with Crippen LogP contribution in [0.2, 0.25) is 0 Å². The summed E-state index contributed by atoms with van der Waals surface area (Å²) in [5, 5.41) is 2.15. The molecule has 0 aromatic heterocycles. The fourth-order valence-electron chi connectivity index (χ4n) is 3.99. The van der Waals surface area contributed by atoms with E-state index < -0.39 is 6.09 Å². The third-order valence-corrected chi connectivity index (χ3v) is 6.19. The van der Waals surface area contributed by atoms with Crippen molar-refractivity contribution < 1.29 is 19.1 Å². The lowest BCUT2D eigenvalue weighted by molar-refractivity contribution is 0.0624. The van der Waals surface area contributed by atoms with Gasteiger partial charge in [0.1, 0.15) is 5.75 Å². The number of Topliss-reactive ketones (excluding diaryl/α,β-unsaturated/α-hetero) is 1. The molecule has 0 radical (unpaired) electrons. The Bertz CT molecular complexity index is 1200. The molecule has 1 saturated heterocycles. The minimum Gasteiger partial charge on any atom is -0.409 e. The zero-order valence-electron chi connectivity index (χ0n) is 19.6. The number of hydrogen-bond donors (Lipinski definition) is 0. The number of rotatable bonds is 6. The summed E-state index contributed by atoms with van der Waals surface area (Å²) in [7, 11) is 1.64. The van der Waals surface area contributed by atoms with E-state index in [-0.39, 0.29) is 24.0 Å². The molecule has 4 rings (SSSR count). The van der Waals surface area contributed by atoms with Crippen LogP contribution in [0.3, 0.4) is 0 Å². The molecule has 0 N–H and O–H groups in total. The lowest BCUT2D eigenvalue weighted by atomic mass is 10.1. The monoisotopic (exact) mass is 459 g/mol. The Balaban J connectivity index is 1.35. The molecule has 0 atom stereocenters. The average Bonchev–Trinajstić information content (AvgIpc) is 2.88. The molecule has 1 heterocycles. The number of nitrogens with zero attached hydrogens (tertiary/aromatic N) is 3. The third kappa shape index (κ3) is 5.26. The highest BCUT2D eigenvalue weighted by molar-refractivity contribution is 6.01. The van der Waals surface area contributed by atoms with Gasteiger partial charge < -0.3 is 14.5 Å². The summed E-state index contributed by atoms with van der Waals surface area (Å²) in [6.07, 6.45) is -0.497. The Morgan fingerprint density at radius 1 is 0.882 bits per heavy atom. The molecule has 1 aliphatic rings. The summed E-state index contributed by atoms with van der Waals surface area (Å²) in [5.74, 6) is 0.161. The maximum Gasteiger partial charge on any atom is 0.414 e. The van der Waals surface area contributed by atoms with E-state index in [1.807, 2.05) is 59.2 Å². The van der Waals surface area contributed by atoms with Crippen molar-refractivity contribution in [3.8, 4) is 5.75 Å². The molecule has 34 heavy (non-hydrogen) atoms. The van der Waals surface area contributed by atoms with Crippen molar-refractivity contribution >= 4 is 28.6 Å². The zero-order chi connectivity index (χ0) is 24.1. The maximum absolute atomic E-state index is 13.0. The van der Waals surface area contributed by atoms with Gasteiger partial charge in [0.25, 0.3) is 5.91 Å². The van der Waals surface area contributed by atoms with Crippen LogP contribution in [0.25, 0.3) is 10.8 Å². The Labute approximate surface area is 199 Å². The number of ketones is 1.